The number of hydrogen-bond acceptors (Lipinski definition) is 3. The van der Waals surface area contributed by atoms with Crippen LogP contribution in [0.1, 0.15) is 16.9 Å². The Morgan fingerprint density at radius 3 is 2.54 bits per heavy atom. The number of benzene rings is 1. The highest BCUT2D eigenvalue weighted by Gasteiger charge is 2.16. The maximum Gasteiger partial charge on any atom is 0.227 e. The third-order valence-corrected chi connectivity index (χ3v) is 4.17. The zero-order valence-electron chi connectivity index (χ0n) is 13.1. The maximum atomic E-state index is 12.8. The van der Waals surface area contributed by atoms with Crippen molar-refractivity contribution in [2.45, 2.75) is 19.5 Å². The molecule has 3 rings (SSSR count). The summed E-state index contributed by atoms with van der Waals surface area (Å²) >= 11 is 3.41. The van der Waals surface area contributed by atoms with Crippen LogP contribution in [0.25, 0.3) is 0 Å². The highest BCUT2D eigenvalue weighted by Crippen LogP contribution is 2.15. The molecule has 0 spiro atoms. The van der Waals surface area contributed by atoms with Gasteiger partial charge in [-0.15, -0.1) is 0 Å². The number of halogens is 1. The van der Waals surface area contributed by atoms with Crippen LogP contribution in [0.15, 0.2) is 76.1 Å². The van der Waals surface area contributed by atoms with Gasteiger partial charge in [0.2, 0.25) is 5.91 Å². The Balaban J connectivity index is 1.74. The third kappa shape index (κ3) is 4.55. The van der Waals surface area contributed by atoms with Gasteiger partial charge in [-0.1, -0.05) is 34.1 Å². The molecular formula is C19H17BrN2O2. The second-order valence-electron chi connectivity index (χ2n) is 5.49. The summed E-state index contributed by atoms with van der Waals surface area (Å²) in [6.45, 7) is 0.946. The van der Waals surface area contributed by atoms with Gasteiger partial charge in [-0.3, -0.25) is 9.78 Å². The van der Waals surface area contributed by atoms with Crippen LogP contribution in [0.4, 0.5) is 0 Å². The second kappa shape index (κ2) is 7.93. The van der Waals surface area contributed by atoms with Crippen molar-refractivity contribution >= 4 is 21.8 Å². The van der Waals surface area contributed by atoms with Gasteiger partial charge in [0, 0.05) is 23.4 Å². The van der Waals surface area contributed by atoms with E-state index >= 15 is 0 Å². The minimum Gasteiger partial charge on any atom is -0.467 e. The van der Waals surface area contributed by atoms with Crippen LogP contribution in [0.3, 0.4) is 0 Å². The van der Waals surface area contributed by atoms with Crippen LogP contribution in [-0.2, 0) is 24.3 Å². The van der Waals surface area contributed by atoms with Gasteiger partial charge in [0.1, 0.15) is 5.76 Å². The standard InChI is InChI=1S/C19H17BrN2O2/c20-17-7-5-15(6-8-17)11-19(23)22(14-18-4-2-10-24-18)13-16-3-1-9-21-12-16/h1-10,12H,11,13-14H2. The maximum absolute atomic E-state index is 12.8. The topological polar surface area (TPSA) is 46.3 Å². The van der Waals surface area contributed by atoms with Crippen molar-refractivity contribution in [3.8, 4) is 0 Å². The van der Waals surface area contributed by atoms with Gasteiger partial charge < -0.3 is 9.32 Å². The smallest absolute Gasteiger partial charge is 0.227 e. The predicted octanol–water partition coefficient (Wildman–Crippen LogP) is 4.21. The lowest BCUT2D eigenvalue weighted by Gasteiger charge is -2.22. The Morgan fingerprint density at radius 2 is 1.88 bits per heavy atom. The largest absolute Gasteiger partial charge is 0.467 e. The van der Waals surface area contributed by atoms with Gasteiger partial charge in [-0.2, -0.15) is 0 Å². The Kier molecular flexibility index (Phi) is 5.43. The minimum absolute atomic E-state index is 0.0533. The quantitative estimate of drug-likeness (QED) is 0.639. The van der Waals surface area contributed by atoms with Crippen molar-refractivity contribution in [3.05, 3.63) is 88.5 Å². The summed E-state index contributed by atoms with van der Waals surface area (Å²) < 4.78 is 6.40. The van der Waals surface area contributed by atoms with Crippen molar-refractivity contribution < 1.29 is 9.21 Å². The first kappa shape index (κ1) is 16.5. The molecule has 0 atom stereocenters. The second-order valence-corrected chi connectivity index (χ2v) is 6.41. The molecule has 0 aliphatic rings. The Morgan fingerprint density at radius 1 is 1.04 bits per heavy atom. The van der Waals surface area contributed by atoms with E-state index in [2.05, 4.69) is 20.9 Å². The first-order valence-corrected chi connectivity index (χ1v) is 8.43. The fourth-order valence-electron chi connectivity index (χ4n) is 2.42. The molecule has 0 N–H and O–H groups in total. The Labute approximate surface area is 149 Å². The highest BCUT2D eigenvalue weighted by atomic mass is 79.9. The van der Waals surface area contributed by atoms with E-state index in [4.69, 9.17) is 4.42 Å². The number of hydrogen-bond donors (Lipinski definition) is 0. The number of aromatic nitrogens is 1. The van der Waals surface area contributed by atoms with Crippen molar-refractivity contribution in [2.24, 2.45) is 0 Å². The lowest BCUT2D eigenvalue weighted by molar-refractivity contribution is -0.132. The molecule has 1 aromatic carbocycles. The molecule has 0 fully saturated rings. The first-order chi connectivity index (χ1) is 11.7. The normalized spacial score (nSPS) is 10.5. The highest BCUT2D eigenvalue weighted by molar-refractivity contribution is 9.10. The SMILES string of the molecule is O=C(Cc1ccc(Br)cc1)N(Cc1cccnc1)Cc1ccco1. The molecule has 2 aromatic heterocycles. The van der Waals surface area contributed by atoms with Crippen LogP contribution in [0.5, 0.6) is 0 Å². The molecule has 0 aliphatic carbocycles. The van der Waals surface area contributed by atoms with Gasteiger partial charge in [0.25, 0.3) is 0 Å². The monoisotopic (exact) mass is 384 g/mol. The lowest BCUT2D eigenvalue weighted by Crippen LogP contribution is -2.31. The molecule has 5 heteroatoms. The molecule has 3 aromatic rings. The minimum atomic E-state index is 0.0533. The molecule has 24 heavy (non-hydrogen) atoms. The molecule has 0 aliphatic heterocycles. The van der Waals surface area contributed by atoms with Crippen molar-refractivity contribution in [2.75, 3.05) is 0 Å². The molecular weight excluding hydrogens is 368 g/mol. The van der Waals surface area contributed by atoms with Crippen LogP contribution >= 0.6 is 15.9 Å². The molecule has 4 nitrogen and oxygen atoms in total. The molecule has 0 unspecified atom stereocenters. The summed E-state index contributed by atoms with van der Waals surface area (Å²) in [5.41, 5.74) is 1.98. The van der Waals surface area contributed by atoms with Crippen LogP contribution in [0, 0.1) is 0 Å². The number of furan rings is 1. The number of amides is 1. The van der Waals surface area contributed by atoms with Crippen LogP contribution < -0.4 is 0 Å². The van der Waals surface area contributed by atoms with Crippen molar-refractivity contribution in [1.29, 1.82) is 0 Å². The zero-order chi connectivity index (χ0) is 16.8. The van der Waals surface area contributed by atoms with Crippen molar-refractivity contribution in [1.82, 2.24) is 9.88 Å². The van der Waals surface area contributed by atoms with Gasteiger partial charge in [-0.05, 0) is 41.5 Å². The van der Waals surface area contributed by atoms with E-state index in [0.29, 0.717) is 19.5 Å². The summed E-state index contributed by atoms with van der Waals surface area (Å²) in [6.07, 6.45) is 5.48. The van der Waals surface area contributed by atoms with E-state index in [1.807, 2.05) is 48.5 Å². The zero-order valence-corrected chi connectivity index (χ0v) is 14.6. The fraction of sp³-hybridized carbons (Fsp3) is 0.158. The number of carbonyl (C=O) groups excluding carboxylic acids is 1. The van der Waals surface area contributed by atoms with E-state index in [1.165, 1.54) is 0 Å². The predicted molar refractivity (Wildman–Crippen MR) is 95.0 cm³/mol. The summed E-state index contributed by atoms with van der Waals surface area (Å²) in [5.74, 6) is 0.820. The van der Waals surface area contributed by atoms with Gasteiger partial charge in [0.05, 0.1) is 19.2 Å². The third-order valence-electron chi connectivity index (χ3n) is 3.64. The number of carbonyl (C=O) groups is 1. The first-order valence-electron chi connectivity index (χ1n) is 7.64. The van der Waals surface area contributed by atoms with E-state index in [9.17, 15) is 4.79 Å². The number of pyridine rings is 1. The molecule has 1 amide bonds. The van der Waals surface area contributed by atoms with Crippen LogP contribution in [0.2, 0.25) is 0 Å². The van der Waals surface area contributed by atoms with Gasteiger partial charge in [0.15, 0.2) is 0 Å². The van der Waals surface area contributed by atoms with E-state index < -0.39 is 0 Å². The average molecular weight is 385 g/mol. The van der Waals surface area contributed by atoms with Gasteiger partial charge >= 0.3 is 0 Å². The molecule has 0 bridgehead atoms. The number of rotatable bonds is 6. The number of nitrogens with zero attached hydrogens (tertiary/aromatic N) is 2. The molecule has 0 saturated carbocycles. The molecule has 0 radical (unpaired) electrons. The van der Waals surface area contributed by atoms with Crippen molar-refractivity contribution in [3.63, 3.8) is 0 Å². The Hall–Kier alpha value is -2.40. The lowest BCUT2D eigenvalue weighted by atomic mass is 10.1. The summed E-state index contributed by atoms with van der Waals surface area (Å²) in [6, 6.07) is 15.4. The van der Waals surface area contributed by atoms with Gasteiger partial charge in [-0.25, -0.2) is 0 Å². The van der Waals surface area contributed by atoms with Crippen LogP contribution in [-0.4, -0.2) is 15.8 Å². The molecule has 122 valence electrons. The Bertz CT molecular complexity index is 771. The summed E-state index contributed by atoms with van der Waals surface area (Å²) in [5, 5.41) is 0. The molecule has 2 heterocycles. The van der Waals surface area contributed by atoms with E-state index in [-0.39, 0.29) is 5.91 Å². The van der Waals surface area contributed by atoms with E-state index in [1.54, 1.807) is 23.6 Å². The fourth-order valence-corrected chi connectivity index (χ4v) is 2.69. The van der Waals surface area contributed by atoms with E-state index in [0.717, 1.165) is 21.4 Å². The summed E-state index contributed by atoms with van der Waals surface area (Å²) in [4.78, 5) is 18.7. The summed E-state index contributed by atoms with van der Waals surface area (Å²) in [7, 11) is 0. The molecule has 0 saturated heterocycles. The average Bonchev–Trinajstić information content (AvgIpc) is 3.10.